The van der Waals surface area contributed by atoms with Crippen molar-refractivity contribution in [2.75, 3.05) is 17.7 Å². The van der Waals surface area contributed by atoms with Gasteiger partial charge in [-0.3, -0.25) is 14.2 Å². The maximum atomic E-state index is 12.1. The predicted octanol–water partition coefficient (Wildman–Crippen LogP) is 5.45. The van der Waals surface area contributed by atoms with Gasteiger partial charge in [-0.15, -0.1) is 0 Å². The molecule has 214 valence electrons. The van der Waals surface area contributed by atoms with Crippen LogP contribution in [0.1, 0.15) is 69.7 Å². The van der Waals surface area contributed by atoms with Crippen LogP contribution in [0.2, 0.25) is 0 Å². The van der Waals surface area contributed by atoms with Crippen molar-refractivity contribution >= 4 is 29.0 Å². The van der Waals surface area contributed by atoms with Gasteiger partial charge in [0.25, 0.3) is 5.91 Å². The first-order valence-electron chi connectivity index (χ1n) is 13.7. The second kappa shape index (κ2) is 15.2. The number of anilines is 4. The van der Waals surface area contributed by atoms with Gasteiger partial charge >= 0.3 is 0 Å². The van der Waals surface area contributed by atoms with E-state index in [1.807, 2.05) is 36.9 Å². The number of aryl methyl sites for hydroxylation is 2. The zero-order chi connectivity index (χ0) is 28.9. The van der Waals surface area contributed by atoms with Gasteiger partial charge in [0.2, 0.25) is 5.95 Å². The van der Waals surface area contributed by atoms with Crippen LogP contribution >= 0.6 is 0 Å². The Morgan fingerprint density at radius 2 is 1.82 bits per heavy atom. The number of aromatic nitrogens is 7. The third kappa shape index (κ3) is 8.01. The van der Waals surface area contributed by atoms with Crippen molar-refractivity contribution in [2.24, 2.45) is 12.8 Å². The molecule has 12 heteroatoms. The monoisotopic (exact) mass is 548 g/mol. The molecule has 0 saturated carbocycles. The molecule has 0 fully saturated rings. The fourth-order valence-corrected chi connectivity index (χ4v) is 4.07. The van der Waals surface area contributed by atoms with Crippen LogP contribution < -0.4 is 21.1 Å². The normalized spacial score (nSPS) is 10.5. The topological polar surface area (TPSA) is 151 Å². The molecule has 12 nitrogen and oxygen atoms in total. The standard InChI is InChI=1S/C26H34N10O2.C2H6/c1-4-5-6-7-8-9-13-36-16-18(14-30-36)31-26-28-15-20(23(27)37)25(33-26)32-21-12-10-11-19(22(21)38-3)24-29-17-35(2)34-24;1-2/h10-12,14-17H,4-9,13H2,1-3H3,(H2,27,37)(H2,28,31,32,33);1-2H3. The molecule has 4 rings (SSSR count). The lowest BCUT2D eigenvalue weighted by atomic mass is 10.1. The Bertz CT molecular complexity index is 1360. The van der Waals surface area contributed by atoms with Crippen molar-refractivity contribution in [3.05, 3.63) is 48.7 Å². The largest absolute Gasteiger partial charge is 0.494 e. The number of unbranched alkanes of at least 4 members (excludes halogenated alkanes) is 5. The van der Waals surface area contributed by atoms with Crippen molar-refractivity contribution < 1.29 is 9.53 Å². The van der Waals surface area contributed by atoms with Gasteiger partial charge in [0, 0.05) is 26.0 Å². The minimum absolute atomic E-state index is 0.137. The first kappa shape index (κ1) is 30.1. The summed E-state index contributed by atoms with van der Waals surface area (Å²) in [5.74, 6) is 0.869. The molecule has 0 spiro atoms. The van der Waals surface area contributed by atoms with Gasteiger partial charge in [-0.2, -0.15) is 15.2 Å². The number of nitrogens with zero attached hydrogens (tertiary/aromatic N) is 7. The predicted molar refractivity (Wildman–Crippen MR) is 157 cm³/mol. The number of methoxy groups -OCH3 is 1. The van der Waals surface area contributed by atoms with Crippen LogP contribution in [0.25, 0.3) is 11.4 Å². The number of benzene rings is 1. The lowest BCUT2D eigenvalue weighted by molar-refractivity contribution is 0.100. The number of nitrogens with one attached hydrogen (secondary N) is 2. The van der Waals surface area contributed by atoms with Gasteiger partial charge in [-0.1, -0.05) is 58.9 Å². The Hall–Kier alpha value is -4.48. The number of carbonyl (C=O) groups excluding carboxylic acids is 1. The van der Waals surface area contributed by atoms with Crippen molar-refractivity contribution in [3.8, 4) is 17.1 Å². The molecule has 0 aliphatic heterocycles. The average Bonchev–Trinajstić information content (AvgIpc) is 3.60. The van der Waals surface area contributed by atoms with E-state index in [1.165, 1.54) is 38.3 Å². The van der Waals surface area contributed by atoms with E-state index >= 15 is 0 Å². The van der Waals surface area contributed by atoms with E-state index in [2.05, 4.69) is 42.7 Å². The lowest BCUT2D eigenvalue weighted by Gasteiger charge is -2.15. The Morgan fingerprint density at radius 3 is 2.52 bits per heavy atom. The van der Waals surface area contributed by atoms with Gasteiger partial charge < -0.3 is 21.1 Å². The molecule has 4 N–H and O–H groups in total. The fraction of sp³-hybridized carbons (Fsp3) is 0.429. The van der Waals surface area contributed by atoms with Gasteiger partial charge in [-0.05, 0) is 18.6 Å². The summed E-state index contributed by atoms with van der Waals surface area (Å²) in [6.07, 6.45) is 14.0. The summed E-state index contributed by atoms with van der Waals surface area (Å²) in [4.78, 5) is 25.2. The maximum Gasteiger partial charge on any atom is 0.254 e. The summed E-state index contributed by atoms with van der Waals surface area (Å²) in [5.41, 5.74) is 7.74. The van der Waals surface area contributed by atoms with Gasteiger partial charge in [0.15, 0.2) is 11.6 Å². The van der Waals surface area contributed by atoms with E-state index < -0.39 is 5.91 Å². The van der Waals surface area contributed by atoms with Crippen LogP contribution in [0, 0.1) is 0 Å². The average molecular weight is 549 g/mol. The second-order valence-corrected chi connectivity index (χ2v) is 8.96. The number of primary amides is 1. The van der Waals surface area contributed by atoms with Crippen LogP contribution in [0.5, 0.6) is 5.75 Å². The SMILES string of the molecule is CC.CCCCCCCCn1cc(Nc2ncc(C(N)=O)c(Nc3cccc(-c4ncn(C)n4)c3OC)n2)cn1. The molecule has 0 atom stereocenters. The molecule has 1 amide bonds. The van der Waals surface area contributed by atoms with E-state index in [1.54, 1.807) is 37.4 Å². The van der Waals surface area contributed by atoms with Crippen molar-refractivity contribution in [1.82, 2.24) is 34.5 Å². The molecule has 0 aliphatic carbocycles. The molecule has 0 aliphatic rings. The number of para-hydroxylation sites is 1. The number of amides is 1. The molecule has 1 aromatic carbocycles. The summed E-state index contributed by atoms with van der Waals surface area (Å²) < 4.78 is 9.18. The van der Waals surface area contributed by atoms with E-state index in [-0.39, 0.29) is 17.3 Å². The Labute approximate surface area is 235 Å². The van der Waals surface area contributed by atoms with Gasteiger partial charge in [0.1, 0.15) is 17.7 Å². The first-order valence-corrected chi connectivity index (χ1v) is 13.7. The third-order valence-electron chi connectivity index (χ3n) is 6.00. The van der Waals surface area contributed by atoms with E-state index in [9.17, 15) is 4.79 Å². The molecule has 0 radical (unpaired) electrons. The van der Waals surface area contributed by atoms with E-state index in [0.717, 1.165) is 18.7 Å². The fourth-order valence-electron chi connectivity index (χ4n) is 4.07. The highest BCUT2D eigenvalue weighted by atomic mass is 16.5. The smallest absolute Gasteiger partial charge is 0.254 e. The number of hydrogen-bond donors (Lipinski definition) is 3. The second-order valence-electron chi connectivity index (χ2n) is 8.96. The minimum atomic E-state index is -0.660. The summed E-state index contributed by atoms with van der Waals surface area (Å²) in [7, 11) is 3.34. The number of ether oxygens (including phenoxy) is 1. The maximum absolute atomic E-state index is 12.1. The first-order chi connectivity index (χ1) is 19.5. The van der Waals surface area contributed by atoms with Crippen molar-refractivity contribution in [1.29, 1.82) is 0 Å². The van der Waals surface area contributed by atoms with Crippen molar-refractivity contribution in [2.45, 2.75) is 65.8 Å². The molecule has 0 bridgehead atoms. The van der Waals surface area contributed by atoms with Crippen LogP contribution in [0.15, 0.2) is 43.1 Å². The zero-order valence-corrected chi connectivity index (χ0v) is 24.0. The van der Waals surface area contributed by atoms with Crippen LogP contribution in [-0.2, 0) is 13.6 Å². The number of nitrogens with two attached hydrogens (primary N) is 1. The summed E-state index contributed by atoms with van der Waals surface area (Å²) in [5, 5.41) is 15.1. The summed E-state index contributed by atoms with van der Waals surface area (Å²) in [6.45, 7) is 7.07. The number of carbonyl (C=O) groups is 1. The molecule has 0 unspecified atom stereocenters. The number of rotatable bonds is 14. The molecule has 4 aromatic rings. The Kier molecular flexibility index (Phi) is 11.4. The van der Waals surface area contributed by atoms with E-state index in [0.29, 0.717) is 22.8 Å². The highest BCUT2D eigenvalue weighted by molar-refractivity contribution is 5.98. The zero-order valence-electron chi connectivity index (χ0n) is 24.0. The summed E-state index contributed by atoms with van der Waals surface area (Å²) in [6, 6.07) is 5.49. The molecular weight excluding hydrogens is 508 g/mol. The third-order valence-corrected chi connectivity index (χ3v) is 6.00. The minimum Gasteiger partial charge on any atom is -0.494 e. The lowest BCUT2D eigenvalue weighted by Crippen LogP contribution is -2.16. The van der Waals surface area contributed by atoms with Crippen LogP contribution in [0.3, 0.4) is 0 Å². The highest BCUT2D eigenvalue weighted by Crippen LogP contribution is 2.36. The molecular formula is C28H40N10O2. The highest BCUT2D eigenvalue weighted by Gasteiger charge is 2.18. The molecule has 3 heterocycles. The Morgan fingerprint density at radius 1 is 1.05 bits per heavy atom. The van der Waals surface area contributed by atoms with Crippen LogP contribution in [-0.4, -0.2) is 47.5 Å². The molecule has 3 aromatic heterocycles. The van der Waals surface area contributed by atoms with E-state index in [4.69, 9.17) is 10.5 Å². The summed E-state index contributed by atoms with van der Waals surface area (Å²) >= 11 is 0. The quantitative estimate of drug-likeness (QED) is 0.175. The van der Waals surface area contributed by atoms with Gasteiger partial charge in [0.05, 0.1) is 30.2 Å². The van der Waals surface area contributed by atoms with Crippen LogP contribution in [0.4, 0.5) is 23.1 Å². The molecule has 0 saturated heterocycles. The van der Waals surface area contributed by atoms with Crippen molar-refractivity contribution in [3.63, 3.8) is 0 Å². The Balaban J connectivity index is 0.00000216. The number of hydrogen-bond acceptors (Lipinski definition) is 9. The molecule has 40 heavy (non-hydrogen) atoms. The van der Waals surface area contributed by atoms with Gasteiger partial charge in [-0.25, -0.2) is 9.97 Å².